The van der Waals surface area contributed by atoms with E-state index in [-0.39, 0.29) is 24.5 Å². The first kappa shape index (κ1) is 15.9. The molecule has 7 heteroatoms. The largest absolute Gasteiger partial charge is 0.459 e. The Labute approximate surface area is 138 Å². The van der Waals surface area contributed by atoms with Crippen LogP contribution in [0.1, 0.15) is 36.0 Å². The first-order chi connectivity index (χ1) is 11.5. The number of nitrogens with one attached hydrogen (secondary N) is 2. The number of hydrogen-bond donors (Lipinski definition) is 2. The minimum absolute atomic E-state index is 0.165. The lowest BCUT2D eigenvalue weighted by Gasteiger charge is -2.18. The van der Waals surface area contributed by atoms with E-state index in [4.69, 9.17) is 13.9 Å². The fraction of sp³-hybridized carbons (Fsp3) is 0.294. The van der Waals surface area contributed by atoms with Crippen LogP contribution < -0.4 is 20.1 Å². The van der Waals surface area contributed by atoms with Gasteiger partial charge in [0.15, 0.2) is 17.3 Å². The van der Waals surface area contributed by atoms with Crippen molar-refractivity contribution in [3.63, 3.8) is 0 Å². The molecule has 1 aromatic carbocycles. The van der Waals surface area contributed by atoms with Gasteiger partial charge in [-0.1, -0.05) is 6.07 Å². The Kier molecular flexibility index (Phi) is 4.41. The van der Waals surface area contributed by atoms with Gasteiger partial charge in [0.25, 0.3) is 5.91 Å². The molecule has 0 aliphatic carbocycles. The molecule has 7 nitrogen and oxygen atoms in total. The number of amides is 2. The molecular weight excluding hydrogens is 312 g/mol. The summed E-state index contributed by atoms with van der Waals surface area (Å²) in [6, 6.07) is 7.72. The molecule has 24 heavy (non-hydrogen) atoms. The molecule has 1 aromatic heterocycles. The van der Waals surface area contributed by atoms with E-state index >= 15 is 0 Å². The molecular formula is C17H18N2O5. The average molecular weight is 330 g/mol. The molecule has 1 aliphatic rings. The van der Waals surface area contributed by atoms with Crippen molar-refractivity contribution >= 4 is 11.8 Å². The summed E-state index contributed by atoms with van der Waals surface area (Å²) in [5.41, 5.74) is 0.886. The fourth-order valence-electron chi connectivity index (χ4n) is 2.35. The molecule has 2 heterocycles. The van der Waals surface area contributed by atoms with Gasteiger partial charge in [0, 0.05) is 0 Å². The summed E-state index contributed by atoms with van der Waals surface area (Å²) in [5, 5.41) is 5.45. The highest BCUT2D eigenvalue weighted by molar-refractivity contribution is 5.95. The van der Waals surface area contributed by atoms with Crippen molar-refractivity contribution in [1.29, 1.82) is 0 Å². The van der Waals surface area contributed by atoms with Gasteiger partial charge in [0.2, 0.25) is 12.7 Å². The number of hydrogen-bond acceptors (Lipinski definition) is 5. The molecule has 0 saturated heterocycles. The van der Waals surface area contributed by atoms with Gasteiger partial charge in [-0.15, -0.1) is 0 Å². The van der Waals surface area contributed by atoms with Crippen molar-refractivity contribution in [2.24, 2.45) is 0 Å². The molecule has 0 spiro atoms. The van der Waals surface area contributed by atoms with Gasteiger partial charge in [0.1, 0.15) is 6.04 Å². The van der Waals surface area contributed by atoms with Crippen LogP contribution in [0, 0.1) is 0 Å². The molecule has 126 valence electrons. The van der Waals surface area contributed by atoms with E-state index in [2.05, 4.69) is 10.6 Å². The van der Waals surface area contributed by atoms with Crippen molar-refractivity contribution < 1.29 is 23.5 Å². The van der Waals surface area contributed by atoms with Crippen LogP contribution in [0.5, 0.6) is 11.5 Å². The molecule has 1 aliphatic heterocycles. The molecule has 0 fully saturated rings. The maximum Gasteiger partial charge on any atom is 0.287 e. The topological polar surface area (TPSA) is 89.8 Å². The Morgan fingerprint density at radius 2 is 1.88 bits per heavy atom. The van der Waals surface area contributed by atoms with Crippen molar-refractivity contribution in [2.45, 2.75) is 25.9 Å². The predicted molar refractivity (Wildman–Crippen MR) is 84.8 cm³/mol. The number of carbonyl (C=O) groups is 2. The lowest BCUT2D eigenvalue weighted by atomic mass is 10.1. The van der Waals surface area contributed by atoms with Crippen molar-refractivity contribution in [3.05, 3.63) is 47.9 Å². The molecule has 3 rings (SSSR count). The van der Waals surface area contributed by atoms with Gasteiger partial charge in [-0.05, 0) is 43.7 Å². The van der Waals surface area contributed by atoms with Gasteiger partial charge in [-0.25, -0.2) is 0 Å². The smallest absolute Gasteiger partial charge is 0.287 e. The summed E-state index contributed by atoms with van der Waals surface area (Å²) in [6.45, 7) is 3.68. The van der Waals surface area contributed by atoms with E-state index in [1.807, 2.05) is 25.1 Å². The minimum Gasteiger partial charge on any atom is -0.459 e. The summed E-state index contributed by atoms with van der Waals surface area (Å²) in [6.07, 6.45) is 1.40. The zero-order valence-electron chi connectivity index (χ0n) is 13.4. The van der Waals surface area contributed by atoms with Crippen LogP contribution >= 0.6 is 0 Å². The maximum absolute atomic E-state index is 12.3. The van der Waals surface area contributed by atoms with Crippen LogP contribution in [-0.2, 0) is 4.79 Å². The summed E-state index contributed by atoms with van der Waals surface area (Å²) in [4.78, 5) is 24.1. The Morgan fingerprint density at radius 1 is 1.08 bits per heavy atom. The van der Waals surface area contributed by atoms with Gasteiger partial charge < -0.3 is 24.5 Å². The van der Waals surface area contributed by atoms with Crippen molar-refractivity contribution in [1.82, 2.24) is 10.6 Å². The second-order valence-corrected chi connectivity index (χ2v) is 5.52. The van der Waals surface area contributed by atoms with Gasteiger partial charge in [0.05, 0.1) is 12.3 Å². The maximum atomic E-state index is 12.3. The van der Waals surface area contributed by atoms with Crippen LogP contribution in [-0.4, -0.2) is 24.6 Å². The molecule has 0 radical (unpaired) electrons. The lowest BCUT2D eigenvalue weighted by molar-refractivity contribution is -0.123. The summed E-state index contributed by atoms with van der Waals surface area (Å²) in [7, 11) is 0. The van der Waals surface area contributed by atoms with Gasteiger partial charge >= 0.3 is 0 Å². The third-order valence-corrected chi connectivity index (χ3v) is 3.74. The Hall–Kier alpha value is -2.96. The van der Waals surface area contributed by atoms with Crippen LogP contribution in [0.15, 0.2) is 41.0 Å². The van der Waals surface area contributed by atoms with E-state index in [1.54, 1.807) is 13.0 Å². The molecule has 0 unspecified atom stereocenters. The second kappa shape index (κ2) is 6.66. The number of ether oxygens (including phenoxy) is 2. The Morgan fingerprint density at radius 3 is 2.62 bits per heavy atom. The monoisotopic (exact) mass is 330 g/mol. The van der Waals surface area contributed by atoms with Crippen LogP contribution in [0.25, 0.3) is 0 Å². The summed E-state index contributed by atoms with van der Waals surface area (Å²) in [5.74, 6) is 0.793. The van der Waals surface area contributed by atoms with Crippen LogP contribution in [0.3, 0.4) is 0 Å². The number of fused-ring (bicyclic) bond motifs is 1. The highest BCUT2D eigenvalue weighted by atomic mass is 16.7. The van der Waals surface area contributed by atoms with Crippen molar-refractivity contribution in [2.75, 3.05) is 6.79 Å². The standard InChI is InChI=1S/C17H18N2O5/c1-10(12-5-6-13-15(8-12)24-9-23-13)18-16(20)11(2)19-17(21)14-4-3-7-22-14/h3-8,10-11H,9H2,1-2H3,(H,18,20)(H,19,21)/t10-,11+/m1/s1. The normalized spacial score (nSPS) is 14.8. The predicted octanol–water partition coefficient (Wildman–Crippen LogP) is 2.00. The molecule has 0 saturated carbocycles. The molecule has 2 atom stereocenters. The quantitative estimate of drug-likeness (QED) is 0.875. The highest BCUT2D eigenvalue weighted by Crippen LogP contribution is 2.34. The fourth-order valence-corrected chi connectivity index (χ4v) is 2.35. The van der Waals surface area contributed by atoms with E-state index < -0.39 is 11.9 Å². The zero-order chi connectivity index (χ0) is 17.1. The number of rotatable bonds is 5. The molecule has 2 aromatic rings. The van der Waals surface area contributed by atoms with Crippen molar-refractivity contribution in [3.8, 4) is 11.5 Å². The first-order valence-electron chi connectivity index (χ1n) is 7.59. The summed E-state index contributed by atoms with van der Waals surface area (Å²) < 4.78 is 15.6. The van der Waals surface area contributed by atoms with Crippen LogP contribution in [0.4, 0.5) is 0 Å². The highest BCUT2D eigenvalue weighted by Gasteiger charge is 2.21. The van der Waals surface area contributed by atoms with Crippen LogP contribution in [0.2, 0.25) is 0 Å². The average Bonchev–Trinajstić information content (AvgIpc) is 3.25. The van der Waals surface area contributed by atoms with E-state index in [0.29, 0.717) is 11.5 Å². The summed E-state index contributed by atoms with van der Waals surface area (Å²) >= 11 is 0. The van der Waals surface area contributed by atoms with E-state index in [0.717, 1.165) is 5.56 Å². The second-order valence-electron chi connectivity index (χ2n) is 5.52. The Balaban J connectivity index is 1.58. The molecule has 2 amide bonds. The molecule has 2 N–H and O–H groups in total. The number of benzene rings is 1. The number of furan rings is 1. The Bertz CT molecular complexity index is 741. The van der Waals surface area contributed by atoms with Gasteiger partial charge in [-0.2, -0.15) is 0 Å². The lowest BCUT2D eigenvalue weighted by Crippen LogP contribution is -2.45. The molecule has 0 bridgehead atoms. The number of carbonyl (C=O) groups excluding carboxylic acids is 2. The zero-order valence-corrected chi connectivity index (χ0v) is 13.4. The van der Waals surface area contributed by atoms with Gasteiger partial charge in [-0.3, -0.25) is 9.59 Å². The third kappa shape index (κ3) is 3.34. The van der Waals surface area contributed by atoms with E-state index in [9.17, 15) is 9.59 Å². The minimum atomic E-state index is -0.695. The van der Waals surface area contributed by atoms with E-state index in [1.165, 1.54) is 12.3 Å². The third-order valence-electron chi connectivity index (χ3n) is 3.74. The SMILES string of the molecule is C[C@H](NC(=O)c1ccco1)C(=O)N[C@H](C)c1ccc2c(c1)OCO2. The first-order valence-corrected chi connectivity index (χ1v) is 7.59.